The topological polar surface area (TPSA) is 102 Å². The average molecular weight is 271 g/mol. The Kier molecular flexibility index (Phi) is 3.00. The van der Waals surface area contributed by atoms with E-state index in [0.717, 1.165) is 11.8 Å². The lowest BCUT2D eigenvalue weighted by Gasteiger charge is -1.90. The van der Waals surface area contributed by atoms with Gasteiger partial charge in [0.1, 0.15) is 6.26 Å². The number of carboxylic acid groups (broad SMARTS) is 1. The highest BCUT2D eigenvalue weighted by atomic mass is 16.5. The van der Waals surface area contributed by atoms with Crippen LogP contribution in [-0.2, 0) is 6.42 Å². The van der Waals surface area contributed by atoms with Crippen LogP contribution in [0.15, 0.2) is 45.8 Å². The number of carboxylic acids is 1. The summed E-state index contributed by atoms with van der Waals surface area (Å²) in [5.41, 5.74) is 1.28. The van der Waals surface area contributed by atoms with Gasteiger partial charge in [-0.2, -0.15) is 0 Å². The lowest BCUT2D eigenvalue weighted by Crippen LogP contribution is -1.97. The number of rotatable bonds is 4. The Hall–Kier alpha value is -2.96. The molecule has 20 heavy (non-hydrogen) atoms. The first kappa shape index (κ1) is 12.1. The van der Waals surface area contributed by atoms with Crippen LogP contribution in [0, 0.1) is 0 Å². The van der Waals surface area contributed by atoms with Gasteiger partial charge in [0, 0.05) is 24.0 Å². The Bertz CT molecular complexity index is 733. The molecule has 0 bridgehead atoms. The maximum atomic E-state index is 10.7. The second-order valence-corrected chi connectivity index (χ2v) is 4.03. The molecule has 0 amide bonds. The third kappa shape index (κ3) is 2.41. The molecule has 0 aliphatic rings. The van der Waals surface area contributed by atoms with E-state index in [1.165, 1.54) is 0 Å². The average Bonchev–Trinajstić information content (AvgIpc) is 3.10. The molecule has 3 rings (SSSR count). The summed E-state index contributed by atoms with van der Waals surface area (Å²) < 4.78 is 10.3. The summed E-state index contributed by atoms with van der Waals surface area (Å²) in [5.74, 6) is -0.275. The molecular weight excluding hydrogens is 262 g/mol. The van der Waals surface area contributed by atoms with Gasteiger partial charge in [-0.15, -0.1) is 0 Å². The molecule has 3 aromatic heterocycles. The van der Waals surface area contributed by atoms with Crippen LogP contribution >= 0.6 is 0 Å². The summed E-state index contributed by atoms with van der Waals surface area (Å²) in [5, 5.41) is 12.6. The number of nitrogens with zero attached hydrogens (tertiary/aromatic N) is 3. The maximum Gasteiger partial charge on any atom is 0.357 e. The number of hydrogen-bond acceptors (Lipinski definition) is 6. The summed E-state index contributed by atoms with van der Waals surface area (Å²) in [7, 11) is 0. The smallest absolute Gasteiger partial charge is 0.357 e. The SMILES string of the molecule is O=C(O)c1coc(Cc2cc(-c3cccnc3)on2)n1. The van der Waals surface area contributed by atoms with Gasteiger partial charge in [0.25, 0.3) is 0 Å². The van der Waals surface area contributed by atoms with E-state index in [1.807, 2.05) is 6.07 Å². The van der Waals surface area contributed by atoms with Crippen molar-refractivity contribution in [2.45, 2.75) is 6.42 Å². The molecule has 0 aliphatic heterocycles. The van der Waals surface area contributed by atoms with Crippen molar-refractivity contribution < 1.29 is 18.8 Å². The van der Waals surface area contributed by atoms with Crippen molar-refractivity contribution >= 4 is 5.97 Å². The van der Waals surface area contributed by atoms with Crippen molar-refractivity contribution in [3.8, 4) is 11.3 Å². The van der Waals surface area contributed by atoms with E-state index in [-0.39, 0.29) is 18.0 Å². The van der Waals surface area contributed by atoms with Crippen molar-refractivity contribution in [3.05, 3.63) is 54.1 Å². The van der Waals surface area contributed by atoms with Gasteiger partial charge in [-0.05, 0) is 12.1 Å². The van der Waals surface area contributed by atoms with Crippen LogP contribution < -0.4 is 0 Å². The first-order valence-corrected chi connectivity index (χ1v) is 5.76. The molecule has 0 spiro atoms. The Morgan fingerprint density at radius 2 is 2.30 bits per heavy atom. The van der Waals surface area contributed by atoms with Crippen LogP contribution in [0.5, 0.6) is 0 Å². The van der Waals surface area contributed by atoms with Crippen LogP contribution in [0.1, 0.15) is 22.1 Å². The molecule has 100 valence electrons. The second kappa shape index (κ2) is 4.96. The van der Waals surface area contributed by atoms with E-state index >= 15 is 0 Å². The maximum absolute atomic E-state index is 10.7. The van der Waals surface area contributed by atoms with Gasteiger partial charge in [-0.25, -0.2) is 9.78 Å². The minimum atomic E-state index is -1.13. The molecule has 3 heterocycles. The largest absolute Gasteiger partial charge is 0.476 e. The van der Waals surface area contributed by atoms with Gasteiger partial charge in [-0.3, -0.25) is 4.98 Å². The van der Waals surface area contributed by atoms with Crippen LogP contribution in [0.3, 0.4) is 0 Å². The Labute approximate surface area is 112 Å². The number of hydrogen-bond donors (Lipinski definition) is 1. The fraction of sp³-hybridized carbons (Fsp3) is 0.0769. The second-order valence-electron chi connectivity index (χ2n) is 4.03. The van der Waals surface area contributed by atoms with Crippen LogP contribution in [0.2, 0.25) is 0 Å². The third-order valence-electron chi connectivity index (χ3n) is 2.61. The zero-order chi connectivity index (χ0) is 13.9. The quantitative estimate of drug-likeness (QED) is 0.774. The first-order valence-electron chi connectivity index (χ1n) is 5.76. The first-order chi connectivity index (χ1) is 9.72. The molecule has 0 unspecified atom stereocenters. The molecule has 0 fully saturated rings. The Morgan fingerprint density at radius 3 is 3.00 bits per heavy atom. The lowest BCUT2D eigenvalue weighted by molar-refractivity contribution is 0.0690. The summed E-state index contributed by atoms with van der Waals surface area (Å²) in [6.07, 6.45) is 4.69. The molecular formula is C13H9N3O4. The van der Waals surface area contributed by atoms with Crippen LogP contribution in [-0.4, -0.2) is 26.2 Å². The van der Waals surface area contributed by atoms with E-state index in [9.17, 15) is 4.79 Å². The van der Waals surface area contributed by atoms with Gasteiger partial charge in [0.15, 0.2) is 11.5 Å². The van der Waals surface area contributed by atoms with E-state index < -0.39 is 5.97 Å². The molecule has 3 aromatic rings. The summed E-state index contributed by atoms with van der Waals surface area (Å²) in [6, 6.07) is 5.39. The van der Waals surface area contributed by atoms with Crippen molar-refractivity contribution in [1.82, 2.24) is 15.1 Å². The predicted octanol–water partition coefficient (Wildman–Crippen LogP) is 2.01. The molecule has 0 saturated carbocycles. The van der Waals surface area contributed by atoms with E-state index in [4.69, 9.17) is 14.0 Å². The number of pyridine rings is 1. The van der Waals surface area contributed by atoms with Gasteiger partial charge >= 0.3 is 5.97 Å². The highest BCUT2D eigenvalue weighted by molar-refractivity contribution is 5.84. The van der Waals surface area contributed by atoms with E-state index in [1.54, 1.807) is 24.5 Å². The van der Waals surface area contributed by atoms with Crippen LogP contribution in [0.25, 0.3) is 11.3 Å². The monoisotopic (exact) mass is 271 g/mol. The fourth-order valence-electron chi connectivity index (χ4n) is 1.68. The van der Waals surface area contributed by atoms with Crippen LogP contribution in [0.4, 0.5) is 0 Å². The zero-order valence-electron chi connectivity index (χ0n) is 10.2. The predicted molar refractivity (Wildman–Crippen MR) is 66.0 cm³/mol. The summed E-state index contributed by atoms with van der Waals surface area (Å²) >= 11 is 0. The Morgan fingerprint density at radius 1 is 1.40 bits per heavy atom. The Balaban J connectivity index is 1.78. The number of aromatic nitrogens is 3. The van der Waals surface area contributed by atoms with Crippen molar-refractivity contribution in [2.24, 2.45) is 0 Å². The fourth-order valence-corrected chi connectivity index (χ4v) is 1.68. The van der Waals surface area contributed by atoms with Crippen molar-refractivity contribution in [2.75, 3.05) is 0 Å². The van der Waals surface area contributed by atoms with E-state index in [2.05, 4.69) is 15.1 Å². The summed E-state index contributed by atoms with van der Waals surface area (Å²) in [4.78, 5) is 18.5. The van der Waals surface area contributed by atoms with Gasteiger partial charge in [0.05, 0.1) is 12.1 Å². The minimum absolute atomic E-state index is 0.129. The minimum Gasteiger partial charge on any atom is -0.476 e. The molecule has 0 atom stereocenters. The number of aromatic carboxylic acids is 1. The van der Waals surface area contributed by atoms with Crippen molar-refractivity contribution in [3.63, 3.8) is 0 Å². The normalized spacial score (nSPS) is 10.6. The highest BCUT2D eigenvalue weighted by Crippen LogP contribution is 2.20. The standard InChI is InChI=1S/C13H9N3O4/c17-13(18)10-7-19-12(15-10)5-9-4-11(20-16-9)8-2-1-3-14-6-8/h1-4,6-7H,5H2,(H,17,18). The molecule has 7 nitrogen and oxygen atoms in total. The van der Waals surface area contributed by atoms with Gasteiger partial charge in [-0.1, -0.05) is 5.16 Å². The summed E-state index contributed by atoms with van der Waals surface area (Å²) in [6.45, 7) is 0. The third-order valence-corrected chi connectivity index (χ3v) is 2.61. The van der Waals surface area contributed by atoms with Crippen molar-refractivity contribution in [1.29, 1.82) is 0 Å². The molecule has 7 heteroatoms. The van der Waals surface area contributed by atoms with Gasteiger partial charge in [0.2, 0.25) is 5.89 Å². The molecule has 1 N–H and O–H groups in total. The molecule has 0 aliphatic carbocycles. The molecule has 0 aromatic carbocycles. The molecule has 0 radical (unpaired) electrons. The molecule has 0 saturated heterocycles. The number of carbonyl (C=O) groups is 1. The van der Waals surface area contributed by atoms with E-state index in [0.29, 0.717) is 11.5 Å². The zero-order valence-corrected chi connectivity index (χ0v) is 10.2. The van der Waals surface area contributed by atoms with Gasteiger partial charge < -0.3 is 14.0 Å². The number of oxazole rings is 1. The highest BCUT2D eigenvalue weighted by Gasteiger charge is 2.13. The lowest BCUT2D eigenvalue weighted by atomic mass is 10.2.